The summed E-state index contributed by atoms with van der Waals surface area (Å²) >= 11 is 0. The molecule has 0 spiro atoms. The van der Waals surface area contributed by atoms with Crippen molar-refractivity contribution >= 4 is 21.7 Å². The van der Waals surface area contributed by atoms with Gasteiger partial charge in [0.15, 0.2) is 0 Å². The molecule has 0 radical (unpaired) electrons. The van der Waals surface area contributed by atoms with Crippen LogP contribution in [0.2, 0.25) is 0 Å². The molecule has 2 heteroatoms. The van der Waals surface area contributed by atoms with Gasteiger partial charge < -0.3 is 4.98 Å². The number of pyridine rings is 1. The van der Waals surface area contributed by atoms with Gasteiger partial charge in [-0.05, 0) is 41.8 Å². The van der Waals surface area contributed by atoms with Crippen molar-refractivity contribution in [3.63, 3.8) is 0 Å². The van der Waals surface area contributed by atoms with Gasteiger partial charge in [0.2, 0.25) is 0 Å². The Morgan fingerprint density at radius 2 is 1.83 bits per heavy atom. The van der Waals surface area contributed by atoms with Crippen LogP contribution < -0.4 is 5.56 Å². The number of rotatable bonds is 1. The summed E-state index contributed by atoms with van der Waals surface area (Å²) in [5.74, 6) is 0. The third kappa shape index (κ3) is 1.53. The van der Waals surface area contributed by atoms with E-state index in [-0.39, 0.29) is 5.56 Å². The van der Waals surface area contributed by atoms with Crippen molar-refractivity contribution in [2.24, 2.45) is 0 Å². The number of nitrogens with one attached hydrogen (secondary N) is 1. The van der Waals surface area contributed by atoms with Crippen molar-refractivity contribution in [3.05, 3.63) is 57.9 Å². The fraction of sp³-hybridized carbons (Fsp3) is 0.188. The molecule has 0 fully saturated rings. The van der Waals surface area contributed by atoms with Gasteiger partial charge in [-0.2, -0.15) is 0 Å². The van der Waals surface area contributed by atoms with E-state index < -0.39 is 0 Å². The first-order chi connectivity index (χ1) is 8.70. The number of fused-ring (bicyclic) bond motifs is 3. The Balaban J connectivity index is 2.55. The quantitative estimate of drug-likeness (QED) is 0.645. The summed E-state index contributed by atoms with van der Waals surface area (Å²) in [4.78, 5) is 15.0. The zero-order valence-electron chi connectivity index (χ0n) is 10.6. The summed E-state index contributed by atoms with van der Waals surface area (Å²) in [6.07, 6.45) is 0.761. The lowest BCUT2D eigenvalue weighted by Gasteiger charge is -2.08. The molecule has 0 atom stereocenters. The van der Waals surface area contributed by atoms with Crippen LogP contribution in [0.3, 0.4) is 0 Å². The van der Waals surface area contributed by atoms with Gasteiger partial charge in [0.1, 0.15) is 0 Å². The molecule has 0 bridgehead atoms. The smallest absolute Gasteiger partial charge is 0.251 e. The summed E-state index contributed by atoms with van der Waals surface area (Å²) in [6, 6.07) is 12.3. The molecule has 1 N–H and O–H groups in total. The molecule has 0 amide bonds. The Morgan fingerprint density at radius 3 is 2.56 bits per heavy atom. The minimum atomic E-state index is 0.0269. The Labute approximate surface area is 105 Å². The predicted octanol–water partition coefficient (Wildman–Crippen LogP) is 3.55. The van der Waals surface area contributed by atoms with E-state index in [1.807, 2.05) is 25.1 Å². The molecule has 0 aliphatic rings. The SMILES string of the molecule is CCc1cc2cc(C)c3ccccc3c2[nH]c1=O. The van der Waals surface area contributed by atoms with Gasteiger partial charge in [-0.3, -0.25) is 4.79 Å². The lowest BCUT2D eigenvalue weighted by Crippen LogP contribution is -2.11. The predicted molar refractivity (Wildman–Crippen MR) is 76.2 cm³/mol. The first-order valence-corrected chi connectivity index (χ1v) is 6.25. The van der Waals surface area contributed by atoms with Crippen LogP contribution in [0.5, 0.6) is 0 Å². The van der Waals surface area contributed by atoms with Crippen molar-refractivity contribution in [2.75, 3.05) is 0 Å². The van der Waals surface area contributed by atoms with Crippen molar-refractivity contribution in [3.8, 4) is 0 Å². The zero-order valence-corrected chi connectivity index (χ0v) is 10.6. The van der Waals surface area contributed by atoms with Crippen molar-refractivity contribution < 1.29 is 0 Å². The van der Waals surface area contributed by atoms with Crippen LogP contribution in [-0.4, -0.2) is 4.98 Å². The molecule has 0 saturated heterocycles. The van der Waals surface area contributed by atoms with Gasteiger partial charge in [-0.1, -0.05) is 31.2 Å². The topological polar surface area (TPSA) is 32.9 Å². The number of benzene rings is 2. The summed E-state index contributed by atoms with van der Waals surface area (Å²) in [6.45, 7) is 4.11. The maximum atomic E-state index is 11.9. The number of aryl methyl sites for hydroxylation is 2. The number of hydrogen-bond acceptors (Lipinski definition) is 1. The van der Waals surface area contributed by atoms with E-state index in [1.54, 1.807) is 0 Å². The molecule has 1 heterocycles. The van der Waals surface area contributed by atoms with E-state index in [1.165, 1.54) is 10.9 Å². The highest BCUT2D eigenvalue weighted by molar-refractivity contribution is 6.06. The summed E-state index contributed by atoms with van der Waals surface area (Å²) in [5.41, 5.74) is 3.06. The highest BCUT2D eigenvalue weighted by Crippen LogP contribution is 2.26. The van der Waals surface area contributed by atoms with Crippen LogP contribution in [0.15, 0.2) is 41.2 Å². The Hall–Kier alpha value is -2.09. The molecular weight excluding hydrogens is 222 g/mol. The van der Waals surface area contributed by atoms with E-state index in [9.17, 15) is 4.79 Å². The van der Waals surface area contributed by atoms with Gasteiger partial charge in [0.25, 0.3) is 5.56 Å². The van der Waals surface area contributed by atoms with Gasteiger partial charge >= 0.3 is 0 Å². The van der Waals surface area contributed by atoms with Crippen molar-refractivity contribution in [1.29, 1.82) is 0 Å². The highest BCUT2D eigenvalue weighted by atomic mass is 16.1. The van der Waals surface area contributed by atoms with Crippen LogP contribution in [0.25, 0.3) is 21.7 Å². The first-order valence-electron chi connectivity index (χ1n) is 6.25. The number of hydrogen-bond donors (Lipinski definition) is 1. The van der Waals surface area contributed by atoms with Gasteiger partial charge in [-0.25, -0.2) is 0 Å². The monoisotopic (exact) mass is 237 g/mol. The second kappa shape index (κ2) is 3.98. The Bertz CT molecular complexity index is 799. The van der Waals surface area contributed by atoms with Crippen LogP contribution in [0.4, 0.5) is 0 Å². The van der Waals surface area contributed by atoms with Crippen LogP contribution in [-0.2, 0) is 6.42 Å². The molecule has 0 aliphatic carbocycles. The fourth-order valence-corrected chi connectivity index (χ4v) is 2.55. The largest absolute Gasteiger partial charge is 0.321 e. The number of H-pyrrole nitrogens is 1. The average molecular weight is 237 g/mol. The summed E-state index contributed by atoms with van der Waals surface area (Å²) < 4.78 is 0. The molecule has 18 heavy (non-hydrogen) atoms. The third-order valence-electron chi connectivity index (χ3n) is 3.52. The summed E-state index contributed by atoms with van der Waals surface area (Å²) in [5, 5.41) is 3.43. The van der Waals surface area contributed by atoms with Gasteiger partial charge in [0.05, 0.1) is 5.52 Å². The van der Waals surface area contributed by atoms with E-state index >= 15 is 0 Å². The lowest BCUT2D eigenvalue weighted by atomic mass is 10.00. The first kappa shape index (κ1) is 11.0. The van der Waals surface area contributed by atoms with Gasteiger partial charge in [-0.15, -0.1) is 0 Å². The van der Waals surface area contributed by atoms with E-state index in [4.69, 9.17) is 0 Å². The fourth-order valence-electron chi connectivity index (χ4n) is 2.55. The minimum absolute atomic E-state index is 0.0269. The lowest BCUT2D eigenvalue weighted by molar-refractivity contribution is 1.08. The number of aromatic nitrogens is 1. The Kier molecular flexibility index (Phi) is 2.44. The third-order valence-corrected chi connectivity index (χ3v) is 3.52. The molecule has 0 saturated carbocycles. The molecule has 90 valence electrons. The Morgan fingerprint density at radius 1 is 1.11 bits per heavy atom. The van der Waals surface area contributed by atoms with E-state index in [2.05, 4.69) is 30.1 Å². The molecule has 0 unspecified atom stereocenters. The molecule has 2 nitrogen and oxygen atoms in total. The zero-order chi connectivity index (χ0) is 12.7. The van der Waals surface area contributed by atoms with Crippen LogP contribution >= 0.6 is 0 Å². The maximum Gasteiger partial charge on any atom is 0.251 e. The summed E-state index contributed by atoms with van der Waals surface area (Å²) in [7, 11) is 0. The molecule has 3 rings (SSSR count). The molecule has 0 aliphatic heterocycles. The molecule has 3 aromatic rings. The van der Waals surface area contributed by atoms with Crippen LogP contribution in [0.1, 0.15) is 18.1 Å². The standard InChI is InChI=1S/C16H15NO/c1-3-11-9-12-8-10(2)13-6-4-5-7-14(13)15(12)17-16(11)18/h4-9H,3H2,1-2H3,(H,17,18). The molecule has 1 aromatic heterocycles. The average Bonchev–Trinajstić information content (AvgIpc) is 2.39. The van der Waals surface area contributed by atoms with E-state index in [0.29, 0.717) is 0 Å². The molecule has 2 aromatic carbocycles. The van der Waals surface area contributed by atoms with Gasteiger partial charge in [0, 0.05) is 10.9 Å². The van der Waals surface area contributed by atoms with Crippen molar-refractivity contribution in [1.82, 2.24) is 4.98 Å². The maximum absolute atomic E-state index is 11.9. The second-order valence-corrected chi connectivity index (χ2v) is 4.68. The second-order valence-electron chi connectivity index (χ2n) is 4.68. The minimum Gasteiger partial charge on any atom is -0.321 e. The van der Waals surface area contributed by atoms with Crippen LogP contribution in [0, 0.1) is 6.92 Å². The van der Waals surface area contributed by atoms with E-state index in [0.717, 1.165) is 28.3 Å². The van der Waals surface area contributed by atoms with Crippen molar-refractivity contribution in [2.45, 2.75) is 20.3 Å². The normalized spacial score (nSPS) is 11.2. The highest BCUT2D eigenvalue weighted by Gasteiger charge is 2.06. The molecular formula is C16H15NO. The number of aromatic amines is 1.